The number of amides is 1. The number of hydrogen-bond acceptors (Lipinski definition) is 6. The number of aliphatic hydroxyl groups excluding tert-OH is 2. The van der Waals surface area contributed by atoms with Crippen LogP contribution in [0.1, 0.15) is 85.5 Å². The largest absolute Gasteiger partial charge is 0.389 e. The Hall–Kier alpha value is -0.730. The maximum Gasteiger partial charge on any atom is 0.223 e. The third-order valence-electron chi connectivity index (χ3n) is 7.44. The van der Waals surface area contributed by atoms with Crippen molar-refractivity contribution in [3.63, 3.8) is 0 Å². The summed E-state index contributed by atoms with van der Waals surface area (Å²) in [6.45, 7) is 8.93. The number of rotatable bonds is 4. The van der Waals surface area contributed by atoms with Crippen LogP contribution < -0.4 is 11.1 Å². The van der Waals surface area contributed by atoms with Gasteiger partial charge in [0.25, 0.3) is 0 Å². The van der Waals surface area contributed by atoms with Gasteiger partial charge in [-0.15, -0.1) is 0 Å². The summed E-state index contributed by atoms with van der Waals surface area (Å²) in [6, 6.07) is -0.785. The van der Waals surface area contributed by atoms with Gasteiger partial charge in [-0.05, 0) is 57.3 Å². The van der Waals surface area contributed by atoms with Crippen molar-refractivity contribution < 1.29 is 24.5 Å². The number of nitrogens with two attached hydrogens (primary N) is 1. The maximum atomic E-state index is 12.5. The zero-order valence-corrected chi connectivity index (χ0v) is 20.0. The number of aliphatic hydroxyl groups is 2. The van der Waals surface area contributed by atoms with E-state index in [4.69, 9.17) is 15.2 Å². The zero-order valence-electron chi connectivity index (χ0n) is 20.0. The van der Waals surface area contributed by atoms with Gasteiger partial charge in [0.1, 0.15) is 6.10 Å². The molecule has 0 saturated carbocycles. The fourth-order valence-corrected chi connectivity index (χ4v) is 4.93. The van der Waals surface area contributed by atoms with Crippen LogP contribution in [0.2, 0.25) is 0 Å². The normalized spacial score (nSPS) is 41.9. The van der Waals surface area contributed by atoms with Crippen molar-refractivity contribution in [1.29, 1.82) is 0 Å². The van der Waals surface area contributed by atoms with E-state index in [1.807, 2.05) is 0 Å². The Morgan fingerprint density at radius 1 is 1.03 bits per heavy atom. The molecule has 2 aliphatic rings. The molecule has 1 amide bonds. The van der Waals surface area contributed by atoms with E-state index in [0.717, 1.165) is 57.8 Å². The van der Waals surface area contributed by atoms with E-state index in [1.165, 1.54) is 0 Å². The molecule has 7 heteroatoms. The second-order valence-electron chi connectivity index (χ2n) is 9.74. The lowest BCUT2D eigenvalue weighted by molar-refractivity contribution is -0.286. The Bertz CT molecular complexity index is 534. The summed E-state index contributed by atoms with van der Waals surface area (Å²) < 4.78 is 12.1. The molecule has 0 aromatic carbocycles. The number of hydrogen-bond donors (Lipinski definition) is 4. The molecule has 0 radical (unpaired) electrons. The van der Waals surface area contributed by atoms with Crippen molar-refractivity contribution in [2.24, 2.45) is 23.5 Å². The second kappa shape index (κ2) is 13.1. The van der Waals surface area contributed by atoms with Crippen LogP contribution in [-0.4, -0.2) is 59.4 Å². The van der Waals surface area contributed by atoms with Crippen molar-refractivity contribution in [3.05, 3.63) is 0 Å². The summed E-state index contributed by atoms with van der Waals surface area (Å²) in [5, 5.41) is 23.7. The summed E-state index contributed by atoms with van der Waals surface area (Å²) in [5.74, 6) is 1.17. The fourth-order valence-electron chi connectivity index (χ4n) is 4.93. The molecule has 31 heavy (non-hydrogen) atoms. The average molecular weight is 443 g/mol. The second-order valence-corrected chi connectivity index (χ2v) is 9.74. The predicted molar refractivity (Wildman–Crippen MR) is 121 cm³/mol. The molecule has 0 aliphatic carbocycles. The summed E-state index contributed by atoms with van der Waals surface area (Å²) in [4.78, 5) is 12.5. The van der Waals surface area contributed by atoms with E-state index in [0.29, 0.717) is 12.5 Å². The third kappa shape index (κ3) is 7.67. The van der Waals surface area contributed by atoms with Crippen LogP contribution in [0.5, 0.6) is 0 Å². The van der Waals surface area contributed by atoms with Gasteiger partial charge in [0.05, 0.1) is 24.4 Å². The Kier molecular flexibility index (Phi) is 11.2. The van der Waals surface area contributed by atoms with Gasteiger partial charge in [0, 0.05) is 12.5 Å². The van der Waals surface area contributed by atoms with Gasteiger partial charge in [0.2, 0.25) is 5.91 Å². The Morgan fingerprint density at radius 2 is 1.77 bits per heavy atom. The Labute approximate surface area is 188 Å². The molecular formula is C24H46N2O5. The average Bonchev–Trinajstić information content (AvgIpc) is 2.76. The lowest BCUT2D eigenvalue weighted by Crippen LogP contribution is -2.61. The number of carbonyl (C=O) groups is 1. The maximum absolute atomic E-state index is 12.5. The Morgan fingerprint density at radius 3 is 2.45 bits per heavy atom. The summed E-state index contributed by atoms with van der Waals surface area (Å²) in [7, 11) is 0. The van der Waals surface area contributed by atoms with Crippen LogP contribution in [0.25, 0.3) is 0 Å². The number of ether oxygens (including phenoxy) is 2. The first-order valence-electron chi connectivity index (χ1n) is 12.5. The molecule has 9 atom stereocenters. The van der Waals surface area contributed by atoms with Crippen molar-refractivity contribution >= 4 is 5.91 Å². The quantitative estimate of drug-likeness (QED) is 0.532. The summed E-state index contributed by atoms with van der Waals surface area (Å²) in [6.07, 6.45) is 5.59. The van der Waals surface area contributed by atoms with Crippen LogP contribution in [0.15, 0.2) is 0 Å². The smallest absolute Gasteiger partial charge is 0.223 e. The zero-order chi connectivity index (χ0) is 23.0. The fraction of sp³-hybridized carbons (Fsp3) is 0.958. The van der Waals surface area contributed by atoms with Gasteiger partial charge < -0.3 is 30.7 Å². The highest BCUT2D eigenvalue weighted by Gasteiger charge is 2.42. The van der Waals surface area contributed by atoms with Gasteiger partial charge in [-0.2, -0.15) is 0 Å². The highest BCUT2D eigenvalue weighted by molar-refractivity contribution is 5.78. The van der Waals surface area contributed by atoms with Crippen molar-refractivity contribution in [1.82, 2.24) is 5.32 Å². The van der Waals surface area contributed by atoms with Gasteiger partial charge in [-0.25, -0.2) is 0 Å². The topological polar surface area (TPSA) is 114 Å². The van der Waals surface area contributed by atoms with Crippen LogP contribution in [0.3, 0.4) is 0 Å². The monoisotopic (exact) mass is 442 g/mol. The lowest BCUT2D eigenvalue weighted by atomic mass is 9.86. The highest BCUT2D eigenvalue weighted by Crippen LogP contribution is 2.30. The lowest BCUT2D eigenvalue weighted by Gasteiger charge is -2.42. The molecule has 0 aromatic heterocycles. The van der Waals surface area contributed by atoms with Crippen LogP contribution in [-0.2, 0) is 14.3 Å². The van der Waals surface area contributed by atoms with Crippen molar-refractivity contribution in [2.75, 3.05) is 6.54 Å². The molecule has 0 bridgehead atoms. The first-order valence-corrected chi connectivity index (χ1v) is 12.5. The van der Waals surface area contributed by atoms with E-state index in [1.54, 1.807) is 6.92 Å². The predicted octanol–water partition coefficient (Wildman–Crippen LogP) is 2.71. The van der Waals surface area contributed by atoms with Gasteiger partial charge in [0.15, 0.2) is 6.29 Å². The molecule has 2 saturated heterocycles. The molecular weight excluding hydrogens is 396 g/mol. The number of nitrogens with one attached hydrogen (secondary N) is 1. The first-order chi connectivity index (χ1) is 14.8. The van der Waals surface area contributed by atoms with E-state index in [9.17, 15) is 15.0 Å². The molecule has 7 nitrogen and oxygen atoms in total. The molecule has 0 aromatic rings. The Balaban J connectivity index is 2.05. The first kappa shape index (κ1) is 26.5. The molecule has 2 aliphatic heterocycles. The summed E-state index contributed by atoms with van der Waals surface area (Å²) in [5.41, 5.74) is 5.99. The molecule has 2 fully saturated rings. The minimum atomic E-state index is -1.06. The minimum Gasteiger partial charge on any atom is -0.389 e. The van der Waals surface area contributed by atoms with E-state index in [-0.39, 0.29) is 23.8 Å². The van der Waals surface area contributed by atoms with E-state index in [2.05, 4.69) is 26.1 Å². The van der Waals surface area contributed by atoms with Gasteiger partial charge in [-0.1, -0.05) is 40.0 Å². The molecule has 2 rings (SSSR count). The highest BCUT2D eigenvalue weighted by atomic mass is 16.7. The molecule has 182 valence electrons. The molecule has 0 unspecified atom stereocenters. The molecule has 2 heterocycles. The molecule has 5 N–H and O–H groups in total. The third-order valence-corrected chi connectivity index (χ3v) is 7.44. The van der Waals surface area contributed by atoms with Gasteiger partial charge in [-0.3, -0.25) is 4.79 Å². The SMILES string of the molecule is CC[C@@H]1CCC[C@H](CC)C(=O)NCCC[C@@H](C)[C@H](O[C@@H]2O[C@H](C)[C@@H](O)[C@@H](N)[C@H]2O)CC1. The molecule has 0 spiro atoms. The van der Waals surface area contributed by atoms with E-state index < -0.39 is 30.6 Å². The van der Waals surface area contributed by atoms with Crippen molar-refractivity contribution in [3.8, 4) is 0 Å². The van der Waals surface area contributed by atoms with Crippen LogP contribution in [0.4, 0.5) is 0 Å². The van der Waals surface area contributed by atoms with Crippen LogP contribution >= 0.6 is 0 Å². The van der Waals surface area contributed by atoms with Crippen LogP contribution in [0, 0.1) is 17.8 Å². The standard InChI is InChI=1S/C24H46N2O5/c1-5-17-10-7-11-18(6-2)23(29)26-14-8-9-15(3)19(13-12-17)31-24-22(28)20(25)21(27)16(4)30-24/h15-22,24,27-28H,5-14,25H2,1-4H3,(H,26,29)/t15-,16-,17-,18+,19-,20-,21-,22-,24+/m1/s1. The summed E-state index contributed by atoms with van der Waals surface area (Å²) >= 11 is 0. The van der Waals surface area contributed by atoms with Gasteiger partial charge >= 0.3 is 0 Å². The minimum absolute atomic E-state index is 0.0645. The number of carbonyl (C=O) groups excluding carboxylic acids is 1. The van der Waals surface area contributed by atoms with E-state index >= 15 is 0 Å². The van der Waals surface area contributed by atoms with Crippen molar-refractivity contribution in [2.45, 2.75) is 122 Å².